The number of hydrogen-bond donors (Lipinski definition) is 1. The van der Waals surface area contributed by atoms with Crippen molar-refractivity contribution in [3.8, 4) is 0 Å². The van der Waals surface area contributed by atoms with E-state index in [1.807, 2.05) is 0 Å². The first kappa shape index (κ1) is 22.3. The molecule has 30 heavy (non-hydrogen) atoms. The summed E-state index contributed by atoms with van der Waals surface area (Å²) in [4.78, 5) is 12.4. The quantitative estimate of drug-likeness (QED) is 0.767. The number of halogens is 3. The third-order valence-electron chi connectivity index (χ3n) is 5.00. The Morgan fingerprint density at radius 3 is 2.47 bits per heavy atom. The van der Waals surface area contributed by atoms with Gasteiger partial charge in [-0.15, -0.1) is 0 Å². The van der Waals surface area contributed by atoms with Gasteiger partial charge in [0.2, 0.25) is 15.9 Å². The summed E-state index contributed by atoms with van der Waals surface area (Å²) in [5, 5.41) is 6.58. The van der Waals surface area contributed by atoms with E-state index in [-0.39, 0.29) is 22.8 Å². The van der Waals surface area contributed by atoms with Gasteiger partial charge in [-0.25, -0.2) is 8.42 Å². The van der Waals surface area contributed by atoms with Gasteiger partial charge in [-0.2, -0.15) is 22.6 Å². The zero-order chi connectivity index (χ0) is 22.1. The van der Waals surface area contributed by atoms with E-state index in [9.17, 15) is 26.4 Å². The van der Waals surface area contributed by atoms with Crippen molar-refractivity contribution < 1.29 is 26.4 Å². The van der Waals surface area contributed by atoms with E-state index >= 15 is 0 Å². The Morgan fingerprint density at radius 1 is 1.17 bits per heavy atom. The highest BCUT2D eigenvalue weighted by Gasteiger charge is 2.32. The summed E-state index contributed by atoms with van der Waals surface area (Å²) in [5.41, 5.74) is -0.277. The van der Waals surface area contributed by atoms with Gasteiger partial charge >= 0.3 is 6.18 Å². The Labute approximate surface area is 172 Å². The van der Waals surface area contributed by atoms with Crippen LogP contribution in [0.2, 0.25) is 0 Å². The highest BCUT2D eigenvalue weighted by molar-refractivity contribution is 7.89. The lowest BCUT2D eigenvalue weighted by molar-refractivity contribution is -0.137. The molecule has 1 N–H and O–H groups in total. The maximum Gasteiger partial charge on any atom is 0.416 e. The van der Waals surface area contributed by atoms with E-state index in [0.717, 1.165) is 31.4 Å². The van der Waals surface area contributed by atoms with Gasteiger partial charge in [-0.3, -0.25) is 9.48 Å². The Bertz CT molecular complexity index is 1040. The number of anilines is 1. The second-order valence-corrected chi connectivity index (χ2v) is 9.12. The molecule has 7 nitrogen and oxygen atoms in total. The Balaban J connectivity index is 1.78. The second-order valence-electron chi connectivity index (χ2n) is 7.25. The van der Waals surface area contributed by atoms with E-state index in [1.54, 1.807) is 13.8 Å². The average molecular weight is 444 g/mol. The number of rotatable bonds is 5. The molecule has 0 bridgehead atoms. The number of benzene rings is 1. The molecule has 3 rings (SSSR count). The number of carbonyl (C=O) groups excluding carboxylic acids is 1. The molecule has 11 heteroatoms. The Kier molecular flexibility index (Phi) is 6.23. The van der Waals surface area contributed by atoms with Gasteiger partial charge < -0.3 is 5.32 Å². The number of aromatic nitrogens is 2. The van der Waals surface area contributed by atoms with Gasteiger partial charge in [0.1, 0.15) is 11.4 Å². The van der Waals surface area contributed by atoms with Crippen LogP contribution in [0.3, 0.4) is 0 Å². The number of carbonyl (C=O) groups is 1. The summed E-state index contributed by atoms with van der Waals surface area (Å²) in [7, 11) is -3.73. The third kappa shape index (κ3) is 4.67. The second kappa shape index (κ2) is 8.38. The van der Waals surface area contributed by atoms with Gasteiger partial charge in [0.15, 0.2) is 0 Å². The normalized spacial score (nSPS) is 15.9. The molecule has 1 aromatic heterocycles. The van der Waals surface area contributed by atoms with E-state index < -0.39 is 27.7 Å². The maximum absolute atomic E-state index is 13.0. The van der Waals surface area contributed by atoms with E-state index in [1.165, 1.54) is 21.1 Å². The zero-order valence-electron chi connectivity index (χ0n) is 16.7. The van der Waals surface area contributed by atoms with E-state index in [0.29, 0.717) is 18.8 Å². The van der Waals surface area contributed by atoms with Crippen LogP contribution in [-0.2, 0) is 27.5 Å². The van der Waals surface area contributed by atoms with Crippen LogP contribution in [0, 0.1) is 13.8 Å². The minimum Gasteiger partial charge on any atom is -0.324 e. The molecule has 1 amide bonds. The topological polar surface area (TPSA) is 84.3 Å². The van der Waals surface area contributed by atoms with Crippen molar-refractivity contribution in [1.29, 1.82) is 0 Å². The number of amides is 1. The van der Waals surface area contributed by atoms with Crippen molar-refractivity contribution in [3.63, 3.8) is 0 Å². The molecule has 164 valence electrons. The molecule has 1 aromatic carbocycles. The zero-order valence-corrected chi connectivity index (χ0v) is 17.5. The highest BCUT2D eigenvalue weighted by Crippen LogP contribution is 2.31. The minimum absolute atomic E-state index is 0.00230. The molecule has 1 aliphatic rings. The molecule has 2 heterocycles. The van der Waals surface area contributed by atoms with Crippen LogP contribution in [0.15, 0.2) is 29.2 Å². The maximum atomic E-state index is 13.0. The number of nitrogens with one attached hydrogen (secondary N) is 1. The number of piperidine rings is 1. The third-order valence-corrected chi connectivity index (χ3v) is 7.15. The van der Waals surface area contributed by atoms with Gasteiger partial charge in [0.05, 0.1) is 17.0 Å². The van der Waals surface area contributed by atoms with Crippen molar-refractivity contribution >= 4 is 21.6 Å². The minimum atomic E-state index is -4.52. The molecular weight excluding hydrogens is 421 g/mol. The summed E-state index contributed by atoms with van der Waals surface area (Å²) in [6.07, 6.45) is -1.94. The summed E-state index contributed by atoms with van der Waals surface area (Å²) < 4.78 is 67.2. The molecule has 0 spiro atoms. The summed E-state index contributed by atoms with van der Waals surface area (Å²) in [6.45, 7) is 3.70. The molecule has 1 fully saturated rings. The SMILES string of the molecule is Cc1nn(CC(=O)Nc2cccc(C(F)(F)F)c2)c(C)c1S(=O)(=O)N1CCCCC1. The number of nitrogens with zero attached hydrogens (tertiary/aromatic N) is 3. The standard InChI is InChI=1S/C19H23F3N4O3S/c1-13-18(30(28,29)25-9-4-3-5-10-25)14(2)26(24-13)12-17(27)23-16-8-6-7-15(11-16)19(20,21)22/h6-8,11H,3-5,9-10,12H2,1-2H3,(H,23,27). The molecule has 0 atom stereocenters. The van der Waals surface area contributed by atoms with E-state index in [2.05, 4.69) is 10.4 Å². The van der Waals surface area contributed by atoms with Crippen LogP contribution in [0.25, 0.3) is 0 Å². The van der Waals surface area contributed by atoms with Crippen LogP contribution in [0.5, 0.6) is 0 Å². The lowest BCUT2D eigenvalue weighted by Gasteiger charge is -2.25. The van der Waals surface area contributed by atoms with Crippen LogP contribution in [0.4, 0.5) is 18.9 Å². The van der Waals surface area contributed by atoms with Crippen molar-refractivity contribution in [1.82, 2.24) is 14.1 Å². The molecule has 1 aliphatic heterocycles. The van der Waals surface area contributed by atoms with Crippen LogP contribution in [0.1, 0.15) is 36.2 Å². The molecular formula is C19H23F3N4O3S. The van der Waals surface area contributed by atoms with Crippen molar-refractivity contribution in [2.75, 3.05) is 18.4 Å². The first-order valence-corrected chi connectivity index (χ1v) is 11.0. The Hall–Kier alpha value is -2.40. The molecule has 0 aliphatic carbocycles. The van der Waals surface area contributed by atoms with Crippen LogP contribution < -0.4 is 5.32 Å². The predicted molar refractivity (Wildman–Crippen MR) is 104 cm³/mol. The molecule has 1 saturated heterocycles. The molecule has 0 saturated carbocycles. The summed E-state index contributed by atoms with van der Waals surface area (Å²) >= 11 is 0. The van der Waals surface area contributed by atoms with Crippen LogP contribution >= 0.6 is 0 Å². The van der Waals surface area contributed by atoms with Gasteiger partial charge in [-0.05, 0) is 44.9 Å². The lowest BCUT2D eigenvalue weighted by atomic mass is 10.2. The number of alkyl halides is 3. The van der Waals surface area contributed by atoms with Crippen molar-refractivity contribution in [3.05, 3.63) is 41.2 Å². The number of sulfonamides is 1. The first-order chi connectivity index (χ1) is 14.0. The predicted octanol–water partition coefficient (Wildman–Crippen LogP) is 3.33. The molecule has 0 unspecified atom stereocenters. The average Bonchev–Trinajstić information content (AvgIpc) is 2.95. The highest BCUT2D eigenvalue weighted by atomic mass is 32.2. The van der Waals surface area contributed by atoms with Crippen LogP contribution in [-0.4, -0.2) is 41.5 Å². The number of hydrogen-bond acceptors (Lipinski definition) is 4. The van der Waals surface area contributed by atoms with E-state index in [4.69, 9.17) is 0 Å². The van der Waals surface area contributed by atoms with Gasteiger partial charge in [0.25, 0.3) is 0 Å². The Morgan fingerprint density at radius 2 is 1.83 bits per heavy atom. The lowest BCUT2D eigenvalue weighted by Crippen LogP contribution is -2.36. The fourth-order valence-corrected chi connectivity index (χ4v) is 5.44. The number of aryl methyl sites for hydroxylation is 1. The van der Waals surface area contributed by atoms with Gasteiger partial charge in [-0.1, -0.05) is 12.5 Å². The molecule has 0 radical (unpaired) electrons. The fourth-order valence-electron chi connectivity index (χ4n) is 3.55. The van der Waals surface area contributed by atoms with Crippen molar-refractivity contribution in [2.45, 2.75) is 50.7 Å². The summed E-state index contributed by atoms with van der Waals surface area (Å²) in [6, 6.07) is 4.30. The largest absolute Gasteiger partial charge is 0.416 e. The first-order valence-electron chi connectivity index (χ1n) is 9.51. The fraction of sp³-hybridized carbons (Fsp3) is 0.474. The van der Waals surface area contributed by atoms with Gasteiger partial charge in [0, 0.05) is 18.8 Å². The monoisotopic (exact) mass is 444 g/mol. The summed E-state index contributed by atoms with van der Waals surface area (Å²) in [5.74, 6) is -0.609. The molecule has 2 aromatic rings. The van der Waals surface area contributed by atoms with Crippen molar-refractivity contribution in [2.24, 2.45) is 0 Å². The smallest absolute Gasteiger partial charge is 0.324 e.